The van der Waals surface area contributed by atoms with E-state index in [2.05, 4.69) is 0 Å². The minimum atomic E-state index is -4.90. The third-order valence-electron chi connectivity index (χ3n) is 5.06. The number of benzene rings is 3. The summed E-state index contributed by atoms with van der Waals surface area (Å²) in [5.74, 6) is -0.303. The van der Waals surface area contributed by atoms with Crippen molar-refractivity contribution in [3.05, 3.63) is 88.3 Å². The topological polar surface area (TPSA) is 57.9 Å². The summed E-state index contributed by atoms with van der Waals surface area (Å²) < 4.78 is 62.9. The van der Waals surface area contributed by atoms with Crippen LogP contribution < -0.4 is 19.6 Å². The van der Waals surface area contributed by atoms with Crippen molar-refractivity contribution in [2.75, 3.05) is 14.2 Å². The lowest BCUT2D eigenvalue weighted by Crippen LogP contribution is -2.16. The molecule has 0 bridgehead atoms. The van der Waals surface area contributed by atoms with Gasteiger partial charge in [-0.3, -0.25) is 4.79 Å². The summed E-state index contributed by atoms with van der Waals surface area (Å²) in [6.07, 6.45) is -4.90. The Labute approximate surface area is 186 Å². The van der Waals surface area contributed by atoms with Gasteiger partial charge in [-0.2, -0.15) is 13.2 Å². The normalized spacial score (nSPS) is 11.4. The number of rotatable bonds is 6. The minimum absolute atomic E-state index is 0.000651. The summed E-state index contributed by atoms with van der Waals surface area (Å²) in [5, 5.41) is 0.000651. The molecule has 0 aliphatic heterocycles. The molecule has 0 unspecified atom stereocenters. The Morgan fingerprint density at radius 2 is 1.58 bits per heavy atom. The molecule has 0 fully saturated rings. The Hall–Kier alpha value is -3.94. The van der Waals surface area contributed by atoms with Crippen LogP contribution in [0.5, 0.6) is 17.2 Å². The Morgan fingerprint density at radius 3 is 2.24 bits per heavy atom. The fourth-order valence-electron chi connectivity index (χ4n) is 3.45. The number of hydrogen-bond acceptors (Lipinski definition) is 5. The van der Waals surface area contributed by atoms with E-state index in [0.29, 0.717) is 5.75 Å². The number of para-hydroxylation sites is 1. The second-order valence-corrected chi connectivity index (χ2v) is 7.13. The predicted molar refractivity (Wildman–Crippen MR) is 117 cm³/mol. The molecule has 0 aliphatic carbocycles. The smallest absolute Gasteiger partial charge is 0.450 e. The number of halogens is 3. The lowest BCUT2D eigenvalue weighted by molar-refractivity contribution is -0.152. The second kappa shape index (κ2) is 8.90. The highest BCUT2D eigenvalue weighted by molar-refractivity contribution is 5.85. The molecule has 4 rings (SSSR count). The summed E-state index contributed by atoms with van der Waals surface area (Å²) in [6, 6.07) is 17.3. The van der Waals surface area contributed by atoms with Crippen LogP contribution in [0.2, 0.25) is 0 Å². The zero-order valence-electron chi connectivity index (χ0n) is 17.7. The van der Waals surface area contributed by atoms with Crippen molar-refractivity contribution in [3.63, 3.8) is 0 Å². The summed E-state index contributed by atoms with van der Waals surface area (Å²) >= 11 is 0. The highest BCUT2D eigenvalue weighted by Crippen LogP contribution is 2.40. The van der Waals surface area contributed by atoms with Crippen LogP contribution in [0.1, 0.15) is 11.3 Å². The van der Waals surface area contributed by atoms with E-state index in [-0.39, 0.29) is 34.6 Å². The molecule has 170 valence electrons. The Morgan fingerprint density at radius 1 is 0.879 bits per heavy atom. The fourth-order valence-corrected chi connectivity index (χ4v) is 3.45. The highest BCUT2D eigenvalue weighted by Gasteiger charge is 2.40. The Bertz CT molecular complexity index is 1340. The van der Waals surface area contributed by atoms with E-state index in [1.54, 1.807) is 37.4 Å². The monoisotopic (exact) mass is 456 g/mol. The predicted octanol–water partition coefficient (Wildman–Crippen LogP) is 6.08. The van der Waals surface area contributed by atoms with E-state index in [4.69, 9.17) is 18.6 Å². The van der Waals surface area contributed by atoms with Crippen LogP contribution in [0.25, 0.3) is 22.1 Å². The average Bonchev–Trinajstić information content (AvgIpc) is 2.82. The van der Waals surface area contributed by atoms with Gasteiger partial charge in [0.15, 0.2) is 0 Å². The molecule has 5 nitrogen and oxygen atoms in total. The average molecular weight is 456 g/mol. The van der Waals surface area contributed by atoms with Crippen molar-refractivity contribution >= 4 is 11.0 Å². The van der Waals surface area contributed by atoms with Crippen LogP contribution in [-0.4, -0.2) is 14.2 Å². The van der Waals surface area contributed by atoms with E-state index in [1.165, 1.54) is 43.5 Å². The first-order valence-corrected chi connectivity index (χ1v) is 9.89. The minimum Gasteiger partial charge on any atom is -0.497 e. The van der Waals surface area contributed by atoms with Gasteiger partial charge in [0.1, 0.15) is 29.4 Å². The van der Waals surface area contributed by atoms with Crippen molar-refractivity contribution in [3.8, 4) is 28.4 Å². The number of ether oxygens (including phenoxy) is 3. The zero-order valence-corrected chi connectivity index (χ0v) is 17.7. The summed E-state index contributed by atoms with van der Waals surface area (Å²) in [4.78, 5) is 13.1. The molecule has 0 amide bonds. The number of alkyl halides is 3. The van der Waals surface area contributed by atoms with E-state index in [0.717, 1.165) is 5.56 Å². The van der Waals surface area contributed by atoms with Crippen LogP contribution in [0.15, 0.2) is 75.9 Å². The Balaban J connectivity index is 1.77. The van der Waals surface area contributed by atoms with Crippen LogP contribution in [-0.2, 0) is 12.8 Å². The van der Waals surface area contributed by atoms with Gasteiger partial charge in [0.05, 0.1) is 25.2 Å². The van der Waals surface area contributed by atoms with E-state index >= 15 is 0 Å². The SMILES string of the molecule is COc1ccc(COc2ccc3c(=O)c(-c4ccccc4OC)c(C(F)(F)F)oc3c2)cc1. The van der Waals surface area contributed by atoms with E-state index in [9.17, 15) is 18.0 Å². The molecule has 1 aromatic heterocycles. The van der Waals surface area contributed by atoms with Crippen molar-refractivity contribution in [1.82, 2.24) is 0 Å². The maximum Gasteiger partial charge on any atom is 0.450 e. The third kappa shape index (κ3) is 4.50. The quantitative estimate of drug-likeness (QED) is 0.352. The van der Waals surface area contributed by atoms with Gasteiger partial charge in [-0.1, -0.05) is 30.3 Å². The lowest BCUT2D eigenvalue weighted by Gasteiger charge is -2.15. The van der Waals surface area contributed by atoms with Gasteiger partial charge in [0.25, 0.3) is 0 Å². The van der Waals surface area contributed by atoms with Crippen molar-refractivity contribution in [1.29, 1.82) is 0 Å². The highest BCUT2D eigenvalue weighted by atomic mass is 19.4. The summed E-state index contributed by atoms with van der Waals surface area (Å²) in [5.41, 5.74) is -0.796. The van der Waals surface area contributed by atoms with Gasteiger partial charge in [0, 0.05) is 11.6 Å². The third-order valence-corrected chi connectivity index (χ3v) is 5.06. The maximum atomic E-state index is 13.9. The van der Waals surface area contributed by atoms with Crippen LogP contribution in [0.4, 0.5) is 13.2 Å². The summed E-state index contributed by atoms with van der Waals surface area (Å²) in [7, 11) is 2.88. The van der Waals surface area contributed by atoms with E-state index in [1.807, 2.05) is 0 Å². The van der Waals surface area contributed by atoms with Gasteiger partial charge in [-0.05, 0) is 35.9 Å². The van der Waals surface area contributed by atoms with Gasteiger partial charge in [-0.15, -0.1) is 0 Å². The van der Waals surface area contributed by atoms with Gasteiger partial charge in [-0.25, -0.2) is 0 Å². The van der Waals surface area contributed by atoms with Crippen molar-refractivity contribution < 1.29 is 31.8 Å². The molecule has 4 aromatic rings. The molecule has 0 spiro atoms. The molecule has 1 heterocycles. The standard InChI is InChI=1S/C25H19F3O5/c1-30-16-9-7-15(8-10-16)14-32-17-11-12-19-21(13-17)33-24(25(26,27)28)22(23(19)29)18-5-3-4-6-20(18)31-2/h3-13H,14H2,1-2H3. The van der Waals surface area contributed by atoms with Crippen LogP contribution in [0.3, 0.4) is 0 Å². The van der Waals surface area contributed by atoms with Gasteiger partial charge >= 0.3 is 6.18 Å². The molecule has 33 heavy (non-hydrogen) atoms. The molecule has 0 aliphatic rings. The van der Waals surface area contributed by atoms with Crippen LogP contribution >= 0.6 is 0 Å². The lowest BCUT2D eigenvalue weighted by atomic mass is 10.0. The molecule has 8 heteroatoms. The first-order chi connectivity index (χ1) is 15.8. The van der Waals surface area contributed by atoms with Crippen molar-refractivity contribution in [2.24, 2.45) is 0 Å². The van der Waals surface area contributed by atoms with Gasteiger partial charge < -0.3 is 18.6 Å². The molecule has 3 aromatic carbocycles. The van der Waals surface area contributed by atoms with E-state index < -0.39 is 22.9 Å². The largest absolute Gasteiger partial charge is 0.497 e. The number of fused-ring (bicyclic) bond motifs is 1. The molecule has 0 radical (unpaired) electrons. The molecular weight excluding hydrogens is 437 g/mol. The van der Waals surface area contributed by atoms with Crippen molar-refractivity contribution in [2.45, 2.75) is 12.8 Å². The van der Waals surface area contributed by atoms with Gasteiger partial charge in [0.2, 0.25) is 11.2 Å². The molecule has 0 saturated heterocycles. The summed E-state index contributed by atoms with van der Waals surface area (Å²) in [6.45, 7) is 0.172. The second-order valence-electron chi connectivity index (χ2n) is 7.13. The molecule has 0 atom stereocenters. The number of methoxy groups -OCH3 is 2. The number of hydrogen-bond donors (Lipinski definition) is 0. The maximum absolute atomic E-state index is 13.9. The molecule has 0 saturated carbocycles. The van der Waals surface area contributed by atoms with Crippen LogP contribution in [0, 0.1) is 0 Å². The first-order valence-electron chi connectivity index (χ1n) is 9.89. The fraction of sp³-hybridized carbons (Fsp3) is 0.160. The first kappa shape index (κ1) is 22.3. The molecule has 0 N–H and O–H groups in total. The molecular formula is C25H19F3O5. The zero-order chi connectivity index (χ0) is 23.6. The Kier molecular flexibility index (Phi) is 6.00.